The maximum atomic E-state index is 12.1. The molecule has 1 aromatic heterocycles. The first kappa shape index (κ1) is 17.2. The van der Waals surface area contributed by atoms with Gasteiger partial charge in [-0.3, -0.25) is 14.4 Å². The monoisotopic (exact) mass is 357 g/mol. The Morgan fingerprint density at radius 1 is 1.24 bits per heavy atom. The van der Waals surface area contributed by atoms with E-state index in [1.165, 1.54) is 11.3 Å². The van der Waals surface area contributed by atoms with Crippen LogP contribution < -0.4 is 15.5 Å². The summed E-state index contributed by atoms with van der Waals surface area (Å²) in [4.78, 5) is 38.6. The summed E-state index contributed by atoms with van der Waals surface area (Å²) in [7, 11) is 0. The van der Waals surface area contributed by atoms with Crippen molar-refractivity contribution in [1.29, 1.82) is 0 Å². The molecule has 0 atom stereocenters. The third-order valence-corrected chi connectivity index (χ3v) is 4.92. The Kier molecular flexibility index (Phi) is 5.14. The van der Waals surface area contributed by atoms with Crippen LogP contribution in [0.3, 0.4) is 0 Å². The molecule has 2 N–H and O–H groups in total. The number of rotatable bonds is 4. The highest BCUT2D eigenvalue weighted by atomic mass is 32.1. The molecule has 1 saturated heterocycles. The molecule has 25 heavy (non-hydrogen) atoms. The third kappa shape index (κ3) is 4.06. The highest BCUT2D eigenvalue weighted by Gasteiger charge is 2.23. The summed E-state index contributed by atoms with van der Waals surface area (Å²) < 4.78 is 0. The SMILES string of the molecule is Cc1ccc(NC(=O)C(=O)NCc2cccs2)cc1N1CCCC1=O. The molecule has 0 spiro atoms. The minimum atomic E-state index is -0.723. The van der Waals surface area contributed by atoms with Crippen LogP contribution in [0.5, 0.6) is 0 Å². The summed E-state index contributed by atoms with van der Waals surface area (Å²) in [5.41, 5.74) is 2.23. The Hall–Kier alpha value is -2.67. The van der Waals surface area contributed by atoms with Gasteiger partial charge in [-0.25, -0.2) is 0 Å². The Labute approximate surface area is 149 Å². The van der Waals surface area contributed by atoms with E-state index >= 15 is 0 Å². The number of nitrogens with zero attached hydrogens (tertiary/aromatic N) is 1. The molecule has 3 amide bonds. The van der Waals surface area contributed by atoms with Gasteiger partial charge in [-0.15, -0.1) is 11.3 Å². The van der Waals surface area contributed by atoms with Crippen LogP contribution in [-0.2, 0) is 20.9 Å². The molecule has 0 unspecified atom stereocenters. The molecule has 3 rings (SSSR count). The van der Waals surface area contributed by atoms with E-state index in [9.17, 15) is 14.4 Å². The lowest BCUT2D eigenvalue weighted by atomic mass is 10.1. The van der Waals surface area contributed by atoms with Crippen LogP contribution in [0.2, 0.25) is 0 Å². The molecule has 1 fully saturated rings. The van der Waals surface area contributed by atoms with Gasteiger partial charge in [0.2, 0.25) is 5.91 Å². The van der Waals surface area contributed by atoms with Crippen LogP contribution in [0.4, 0.5) is 11.4 Å². The zero-order valence-electron chi connectivity index (χ0n) is 13.9. The second-order valence-corrected chi connectivity index (χ2v) is 6.90. The van der Waals surface area contributed by atoms with E-state index in [1.807, 2.05) is 30.5 Å². The molecule has 0 saturated carbocycles. The number of thiophene rings is 1. The summed E-state index contributed by atoms with van der Waals surface area (Å²) in [5.74, 6) is -1.33. The second-order valence-electron chi connectivity index (χ2n) is 5.87. The maximum absolute atomic E-state index is 12.1. The zero-order chi connectivity index (χ0) is 17.8. The average molecular weight is 357 g/mol. The summed E-state index contributed by atoms with van der Waals surface area (Å²) >= 11 is 1.51. The van der Waals surface area contributed by atoms with Crippen molar-refractivity contribution in [3.63, 3.8) is 0 Å². The van der Waals surface area contributed by atoms with Crippen molar-refractivity contribution < 1.29 is 14.4 Å². The van der Waals surface area contributed by atoms with Gasteiger partial charge < -0.3 is 15.5 Å². The molecule has 1 aromatic carbocycles. The van der Waals surface area contributed by atoms with E-state index in [0.29, 0.717) is 25.2 Å². The predicted molar refractivity (Wildman–Crippen MR) is 97.6 cm³/mol. The van der Waals surface area contributed by atoms with Crippen LogP contribution >= 0.6 is 11.3 Å². The highest BCUT2D eigenvalue weighted by molar-refractivity contribution is 7.09. The van der Waals surface area contributed by atoms with Gasteiger partial charge in [0.05, 0.1) is 6.54 Å². The summed E-state index contributed by atoms with van der Waals surface area (Å²) in [6.45, 7) is 2.92. The van der Waals surface area contributed by atoms with Crippen LogP contribution in [-0.4, -0.2) is 24.3 Å². The average Bonchev–Trinajstić information content (AvgIpc) is 3.26. The van der Waals surface area contributed by atoms with E-state index in [-0.39, 0.29) is 5.91 Å². The van der Waals surface area contributed by atoms with Gasteiger partial charge >= 0.3 is 11.8 Å². The largest absolute Gasteiger partial charge is 0.343 e. The van der Waals surface area contributed by atoms with E-state index in [2.05, 4.69) is 10.6 Å². The van der Waals surface area contributed by atoms with Crippen molar-refractivity contribution in [2.75, 3.05) is 16.8 Å². The fourth-order valence-electron chi connectivity index (χ4n) is 2.73. The molecule has 130 valence electrons. The number of carbonyl (C=O) groups excluding carboxylic acids is 3. The van der Waals surface area contributed by atoms with Gasteiger partial charge in [-0.1, -0.05) is 12.1 Å². The maximum Gasteiger partial charge on any atom is 0.313 e. The lowest BCUT2D eigenvalue weighted by molar-refractivity contribution is -0.136. The molecule has 2 heterocycles. The van der Waals surface area contributed by atoms with Gasteiger partial charge in [-0.2, -0.15) is 0 Å². The summed E-state index contributed by atoms with van der Waals surface area (Å²) in [6, 6.07) is 9.08. The first-order chi connectivity index (χ1) is 12.0. The standard InChI is InChI=1S/C18H19N3O3S/c1-12-6-7-13(10-15(12)21-8-2-5-16(21)22)20-18(24)17(23)19-11-14-4-3-9-25-14/h3-4,6-7,9-10H,2,5,8,11H2,1H3,(H,19,23)(H,20,24). The Morgan fingerprint density at radius 2 is 2.08 bits per heavy atom. The van der Waals surface area contributed by atoms with Crippen molar-refractivity contribution in [1.82, 2.24) is 5.32 Å². The Bertz CT molecular complexity index is 802. The molecule has 7 heteroatoms. The van der Waals surface area contributed by atoms with Crippen LogP contribution in [0, 0.1) is 6.92 Å². The van der Waals surface area contributed by atoms with Gasteiger partial charge in [0.1, 0.15) is 0 Å². The van der Waals surface area contributed by atoms with Crippen molar-refractivity contribution in [3.05, 3.63) is 46.2 Å². The molecular weight excluding hydrogens is 338 g/mol. The zero-order valence-corrected chi connectivity index (χ0v) is 14.7. The number of anilines is 2. The first-order valence-corrected chi connectivity index (χ1v) is 8.95. The molecule has 0 aliphatic carbocycles. The molecule has 6 nitrogen and oxygen atoms in total. The predicted octanol–water partition coefficient (Wildman–Crippen LogP) is 2.44. The van der Waals surface area contributed by atoms with Crippen LogP contribution in [0.25, 0.3) is 0 Å². The smallest absolute Gasteiger partial charge is 0.313 e. The highest BCUT2D eigenvalue weighted by Crippen LogP contribution is 2.28. The van der Waals surface area contributed by atoms with Crippen molar-refractivity contribution in [2.45, 2.75) is 26.3 Å². The molecule has 0 radical (unpaired) electrons. The molecule has 1 aliphatic heterocycles. The number of aryl methyl sites for hydroxylation is 1. The Balaban J connectivity index is 1.64. The minimum Gasteiger partial charge on any atom is -0.343 e. The lowest BCUT2D eigenvalue weighted by Crippen LogP contribution is -2.34. The van der Waals surface area contributed by atoms with E-state index in [4.69, 9.17) is 0 Å². The minimum absolute atomic E-state index is 0.0836. The Morgan fingerprint density at radius 3 is 2.76 bits per heavy atom. The van der Waals surface area contributed by atoms with Gasteiger partial charge in [0.25, 0.3) is 0 Å². The molecule has 0 bridgehead atoms. The van der Waals surface area contributed by atoms with Crippen LogP contribution in [0.1, 0.15) is 23.3 Å². The number of carbonyl (C=O) groups is 3. The molecule has 2 aromatic rings. The lowest BCUT2D eigenvalue weighted by Gasteiger charge is -2.19. The normalized spacial score (nSPS) is 13.8. The van der Waals surface area contributed by atoms with Crippen LogP contribution in [0.15, 0.2) is 35.7 Å². The molecular formula is C18H19N3O3S. The number of nitrogens with one attached hydrogen (secondary N) is 2. The van der Waals surface area contributed by atoms with Gasteiger partial charge in [-0.05, 0) is 42.5 Å². The number of hydrogen-bond donors (Lipinski definition) is 2. The van der Waals surface area contributed by atoms with E-state index < -0.39 is 11.8 Å². The number of hydrogen-bond acceptors (Lipinski definition) is 4. The summed E-state index contributed by atoms with van der Waals surface area (Å²) in [5, 5.41) is 7.09. The third-order valence-electron chi connectivity index (χ3n) is 4.04. The molecule has 1 aliphatic rings. The topological polar surface area (TPSA) is 78.5 Å². The van der Waals surface area contributed by atoms with Crippen molar-refractivity contribution in [2.24, 2.45) is 0 Å². The summed E-state index contributed by atoms with van der Waals surface area (Å²) in [6.07, 6.45) is 1.38. The second kappa shape index (κ2) is 7.48. The van der Waals surface area contributed by atoms with Crippen molar-refractivity contribution in [3.8, 4) is 0 Å². The fourth-order valence-corrected chi connectivity index (χ4v) is 3.37. The fraction of sp³-hybridized carbons (Fsp3) is 0.278. The number of benzene rings is 1. The van der Waals surface area contributed by atoms with E-state index in [1.54, 1.807) is 17.0 Å². The van der Waals surface area contributed by atoms with Crippen molar-refractivity contribution >= 4 is 40.4 Å². The van der Waals surface area contributed by atoms with E-state index in [0.717, 1.165) is 22.5 Å². The van der Waals surface area contributed by atoms with Gasteiger partial charge in [0.15, 0.2) is 0 Å². The number of amides is 3. The quantitative estimate of drug-likeness (QED) is 0.825. The first-order valence-electron chi connectivity index (χ1n) is 8.07. The van der Waals surface area contributed by atoms with Gasteiger partial charge in [0, 0.05) is 29.2 Å².